The zero-order valence-electron chi connectivity index (χ0n) is 14.5. The number of nitrogens with zero attached hydrogens (tertiary/aromatic N) is 1. The Morgan fingerprint density at radius 2 is 1.57 bits per heavy atom. The highest BCUT2D eigenvalue weighted by atomic mass is 15.2. The molecular formula is C20H33N3. The first-order valence-corrected chi connectivity index (χ1v) is 9.64. The van der Waals surface area contributed by atoms with Gasteiger partial charge in [0.15, 0.2) is 0 Å². The SMILES string of the molecule is c1cc(CN2CCNCC2)ccc1CCNC1CCCCCC1. The van der Waals surface area contributed by atoms with E-state index < -0.39 is 0 Å². The van der Waals surface area contributed by atoms with Crippen molar-refractivity contribution in [2.45, 2.75) is 57.5 Å². The van der Waals surface area contributed by atoms with E-state index in [0.717, 1.165) is 38.6 Å². The van der Waals surface area contributed by atoms with Crippen LogP contribution >= 0.6 is 0 Å². The molecule has 0 amide bonds. The standard InChI is InChI=1S/C20H33N3/c1-2-4-6-20(5-3-1)22-12-11-18-7-9-19(10-8-18)17-23-15-13-21-14-16-23/h7-10,20-22H,1-6,11-17H2. The summed E-state index contributed by atoms with van der Waals surface area (Å²) in [6.07, 6.45) is 9.62. The molecule has 1 saturated carbocycles. The number of rotatable bonds is 6. The summed E-state index contributed by atoms with van der Waals surface area (Å²) in [5.74, 6) is 0. The van der Waals surface area contributed by atoms with Gasteiger partial charge in [-0.05, 0) is 36.9 Å². The average molecular weight is 316 g/mol. The first-order valence-electron chi connectivity index (χ1n) is 9.64. The van der Waals surface area contributed by atoms with Crippen molar-refractivity contribution in [2.75, 3.05) is 32.7 Å². The van der Waals surface area contributed by atoms with Crippen LogP contribution in [0.2, 0.25) is 0 Å². The summed E-state index contributed by atoms with van der Waals surface area (Å²) in [5.41, 5.74) is 2.92. The molecule has 2 fully saturated rings. The minimum absolute atomic E-state index is 0.768. The molecule has 1 aliphatic carbocycles. The van der Waals surface area contributed by atoms with Crippen LogP contribution in [0, 0.1) is 0 Å². The molecule has 0 bridgehead atoms. The molecular weight excluding hydrogens is 282 g/mol. The van der Waals surface area contributed by atoms with Crippen molar-refractivity contribution in [3.63, 3.8) is 0 Å². The molecule has 1 saturated heterocycles. The smallest absolute Gasteiger partial charge is 0.0234 e. The Balaban J connectivity index is 1.38. The topological polar surface area (TPSA) is 27.3 Å². The van der Waals surface area contributed by atoms with Crippen LogP contribution < -0.4 is 10.6 Å². The van der Waals surface area contributed by atoms with Crippen molar-refractivity contribution in [1.29, 1.82) is 0 Å². The molecule has 3 rings (SSSR count). The predicted octanol–water partition coefficient (Wildman–Crippen LogP) is 2.95. The van der Waals surface area contributed by atoms with Crippen LogP contribution in [0.3, 0.4) is 0 Å². The Morgan fingerprint density at radius 3 is 2.26 bits per heavy atom. The van der Waals surface area contributed by atoms with Crippen molar-refractivity contribution < 1.29 is 0 Å². The Morgan fingerprint density at radius 1 is 0.913 bits per heavy atom. The summed E-state index contributed by atoms with van der Waals surface area (Å²) in [6.45, 7) is 6.83. The van der Waals surface area contributed by atoms with Gasteiger partial charge < -0.3 is 10.6 Å². The minimum Gasteiger partial charge on any atom is -0.314 e. The highest BCUT2D eigenvalue weighted by molar-refractivity contribution is 5.22. The fraction of sp³-hybridized carbons (Fsp3) is 0.700. The van der Waals surface area contributed by atoms with E-state index in [1.165, 1.54) is 62.7 Å². The van der Waals surface area contributed by atoms with Crippen molar-refractivity contribution in [2.24, 2.45) is 0 Å². The molecule has 0 unspecified atom stereocenters. The van der Waals surface area contributed by atoms with Crippen molar-refractivity contribution in [3.8, 4) is 0 Å². The third-order valence-corrected chi connectivity index (χ3v) is 5.34. The van der Waals surface area contributed by atoms with Gasteiger partial charge in [0.2, 0.25) is 0 Å². The number of piperazine rings is 1. The van der Waals surface area contributed by atoms with E-state index in [4.69, 9.17) is 0 Å². The van der Waals surface area contributed by atoms with Crippen LogP contribution in [-0.4, -0.2) is 43.7 Å². The second kappa shape index (κ2) is 9.41. The molecule has 2 aliphatic rings. The lowest BCUT2D eigenvalue weighted by Crippen LogP contribution is -2.42. The predicted molar refractivity (Wildman–Crippen MR) is 97.8 cm³/mol. The van der Waals surface area contributed by atoms with Crippen LogP contribution in [0.1, 0.15) is 49.7 Å². The molecule has 128 valence electrons. The fourth-order valence-electron chi connectivity index (χ4n) is 3.84. The first kappa shape index (κ1) is 16.9. The first-order chi connectivity index (χ1) is 11.4. The molecule has 1 aromatic carbocycles. The van der Waals surface area contributed by atoms with E-state index >= 15 is 0 Å². The van der Waals surface area contributed by atoms with Gasteiger partial charge in [-0.25, -0.2) is 0 Å². The summed E-state index contributed by atoms with van der Waals surface area (Å²) >= 11 is 0. The summed E-state index contributed by atoms with van der Waals surface area (Å²) in [5, 5.41) is 7.19. The molecule has 0 spiro atoms. The molecule has 3 heteroatoms. The van der Waals surface area contributed by atoms with E-state index in [9.17, 15) is 0 Å². The van der Waals surface area contributed by atoms with Gasteiger partial charge in [-0.15, -0.1) is 0 Å². The maximum Gasteiger partial charge on any atom is 0.0234 e. The largest absolute Gasteiger partial charge is 0.314 e. The van der Waals surface area contributed by atoms with Crippen LogP contribution in [0.15, 0.2) is 24.3 Å². The maximum absolute atomic E-state index is 3.78. The van der Waals surface area contributed by atoms with Gasteiger partial charge in [0.1, 0.15) is 0 Å². The van der Waals surface area contributed by atoms with E-state index in [0.29, 0.717) is 0 Å². The van der Waals surface area contributed by atoms with E-state index in [-0.39, 0.29) is 0 Å². The second-order valence-corrected chi connectivity index (χ2v) is 7.24. The normalized spacial score (nSPS) is 21.2. The lowest BCUT2D eigenvalue weighted by Gasteiger charge is -2.27. The third-order valence-electron chi connectivity index (χ3n) is 5.34. The molecule has 0 radical (unpaired) electrons. The molecule has 23 heavy (non-hydrogen) atoms. The van der Waals surface area contributed by atoms with Gasteiger partial charge in [-0.3, -0.25) is 4.90 Å². The molecule has 1 heterocycles. The van der Waals surface area contributed by atoms with E-state index in [1.54, 1.807) is 0 Å². The number of hydrogen-bond donors (Lipinski definition) is 2. The summed E-state index contributed by atoms with van der Waals surface area (Å²) in [4.78, 5) is 2.54. The zero-order valence-corrected chi connectivity index (χ0v) is 14.5. The number of nitrogens with one attached hydrogen (secondary N) is 2. The molecule has 0 aromatic heterocycles. The van der Waals surface area contributed by atoms with Crippen LogP contribution in [0.25, 0.3) is 0 Å². The maximum atomic E-state index is 3.78. The van der Waals surface area contributed by atoms with E-state index in [1.807, 2.05) is 0 Å². The Bertz CT molecular complexity index is 429. The quantitative estimate of drug-likeness (QED) is 0.790. The average Bonchev–Trinajstić information content (AvgIpc) is 2.86. The Hall–Kier alpha value is -0.900. The monoisotopic (exact) mass is 315 g/mol. The van der Waals surface area contributed by atoms with Crippen LogP contribution in [0.5, 0.6) is 0 Å². The Labute approximate surface area is 141 Å². The van der Waals surface area contributed by atoms with Crippen LogP contribution in [-0.2, 0) is 13.0 Å². The lowest BCUT2D eigenvalue weighted by atomic mass is 10.1. The van der Waals surface area contributed by atoms with Gasteiger partial charge in [-0.2, -0.15) is 0 Å². The number of hydrogen-bond acceptors (Lipinski definition) is 3. The van der Waals surface area contributed by atoms with Crippen molar-refractivity contribution in [1.82, 2.24) is 15.5 Å². The van der Waals surface area contributed by atoms with Crippen molar-refractivity contribution in [3.05, 3.63) is 35.4 Å². The lowest BCUT2D eigenvalue weighted by molar-refractivity contribution is 0.233. The molecule has 1 aromatic rings. The molecule has 2 N–H and O–H groups in total. The van der Waals surface area contributed by atoms with Gasteiger partial charge in [0.05, 0.1) is 0 Å². The molecule has 0 atom stereocenters. The highest BCUT2D eigenvalue weighted by Crippen LogP contribution is 2.17. The summed E-state index contributed by atoms with van der Waals surface area (Å²) in [7, 11) is 0. The van der Waals surface area contributed by atoms with Crippen LogP contribution in [0.4, 0.5) is 0 Å². The summed E-state index contributed by atoms with van der Waals surface area (Å²) < 4.78 is 0. The fourth-order valence-corrected chi connectivity index (χ4v) is 3.84. The van der Waals surface area contributed by atoms with Gasteiger partial charge in [-0.1, -0.05) is 49.9 Å². The third kappa shape index (κ3) is 5.91. The zero-order chi connectivity index (χ0) is 15.7. The minimum atomic E-state index is 0.768. The molecule has 1 aliphatic heterocycles. The van der Waals surface area contributed by atoms with Crippen molar-refractivity contribution >= 4 is 0 Å². The second-order valence-electron chi connectivity index (χ2n) is 7.24. The Kier molecular flexibility index (Phi) is 6.93. The summed E-state index contributed by atoms with van der Waals surface area (Å²) in [6, 6.07) is 10.1. The van der Waals surface area contributed by atoms with Gasteiger partial charge in [0, 0.05) is 38.8 Å². The highest BCUT2D eigenvalue weighted by Gasteiger charge is 2.11. The van der Waals surface area contributed by atoms with Gasteiger partial charge >= 0.3 is 0 Å². The van der Waals surface area contributed by atoms with Gasteiger partial charge in [0.25, 0.3) is 0 Å². The number of benzene rings is 1. The molecule has 3 nitrogen and oxygen atoms in total. The van der Waals surface area contributed by atoms with E-state index in [2.05, 4.69) is 39.8 Å².